The first-order chi connectivity index (χ1) is 22.9. The van der Waals surface area contributed by atoms with Crippen molar-refractivity contribution in [1.82, 2.24) is 20.0 Å². The number of hydrogen-bond donors (Lipinski definition) is 3. The summed E-state index contributed by atoms with van der Waals surface area (Å²) in [5, 5.41) is 1.55. The summed E-state index contributed by atoms with van der Waals surface area (Å²) in [6.07, 6.45) is 3.12. The first-order valence-corrected chi connectivity index (χ1v) is 14.1. The molecule has 5 N–H and O–H groups in total. The molecule has 0 unspecified atom stereocenters. The fourth-order valence-electron chi connectivity index (χ4n) is 2.99. The van der Waals surface area contributed by atoms with E-state index in [-0.39, 0.29) is 18.4 Å². The maximum Gasteiger partial charge on any atom is 0.471 e. The van der Waals surface area contributed by atoms with E-state index in [0.717, 1.165) is 62.2 Å². The Kier molecular flexibility index (Phi) is 23.0. The minimum absolute atomic E-state index is 0.170. The SMILES string of the molecule is CCCCCN1C(=O)C=CC1=O.CCOCN.COC(=O)N1C(=O)C=CC1=O.COC(N)=O.O=C1C=CC(=O)N1CCNC(=O)C(F)(F)F. The van der Waals surface area contributed by atoms with Gasteiger partial charge in [-0.2, -0.15) is 18.1 Å². The number of imide groups is 5. The Morgan fingerprint density at radius 1 is 0.735 bits per heavy atom. The van der Waals surface area contributed by atoms with Gasteiger partial charge in [-0.05, 0) is 13.3 Å². The van der Waals surface area contributed by atoms with Gasteiger partial charge < -0.3 is 31.0 Å². The summed E-state index contributed by atoms with van der Waals surface area (Å²) < 4.78 is 47.9. The molecule has 9 amide bonds. The highest BCUT2D eigenvalue weighted by molar-refractivity contribution is 6.21. The van der Waals surface area contributed by atoms with Crippen molar-refractivity contribution in [3.63, 3.8) is 0 Å². The molecule has 3 aliphatic heterocycles. The minimum atomic E-state index is -4.96. The summed E-state index contributed by atoms with van der Waals surface area (Å²) in [7, 11) is 2.32. The van der Waals surface area contributed by atoms with Gasteiger partial charge in [-0.1, -0.05) is 19.8 Å². The first-order valence-electron chi connectivity index (χ1n) is 14.1. The number of primary amides is 1. The van der Waals surface area contributed by atoms with Gasteiger partial charge in [-0.15, -0.1) is 0 Å². The maximum absolute atomic E-state index is 11.7. The zero-order valence-electron chi connectivity index (χ0n) is 27.2. The van der Waals surface area contributed by atoms with Crippen LogP contribution in [0, 0.1) is 0 Å². The van der Waals surface area contributed by atoms with Crippen molar-refractivity contribution in [3.8, 4) is 0 Å². The third kappa shape index (κ3) is 19.1. The number of nitrogens with two attached hydrogens (primary N) is 2. The molecular formula is C28H39F3N6O12. The van der Waals surface area contributed by atoms with E-state index in [1.165, 1.54) is 24.2 Å². The highest BCUT2D eigenvalue weighted by Gasteiger charge is 2.38. The Morgan fingerprint density at radius 2 is 1.14 bits per heavy atom. The van der Waals surface area contributed by atoms with Gasteiger partial charge in [-0.25, -0.2) is 9.59 Å². The van der Waals surface area contributed by atoms with E-state index in [2.05, 4.69) is 26.9 Å². The monoisotopic (exact) mass is 708 g/mol. The molecule has 0 spiro atoms. The number of amides is 9. The van der Waals surface area contributed by atoms with Crippen molar-refractivity contribution in [2.45, 2.75) is 39.3 Å². The van der Waals surface area contributed by atoms with E-state index in [9.17, 15) is 56.3 Å². The lowest BCUT2D eigenvalue weighted by atomic mass is 10.2. The van der Waals surface area contributed by atoms with Crippen molar-refractivity contribution < 1.29 is 70.5 Å². The molecule has 274 valence electrons. The molecule has 0 saturated heterocycles. The van der Waals surface area contributed by atoms with Gasteiger partial charge in [0.05, 0.1) is 21.0 Å². The van der Waals surface area contributed by atoms with Crippen LogP contribution in [0.3, 0.4) is 0 Å². The number of methoxy groups -OCH3 is 2. The maximum atomic E-state index is 11.7. The zero-order valence-corrected chi connectivity index (χ0v) is 27.2. The Labute approximate surface area is 278 Å². The Morgan fingerprint density at radius 3 is 1.45 bits per heavy atom. The molecule has 0 fully saturated rings. The minimum Gasteiger partial charge on any atom is -0.453 e. The molecule has 49 heavy (non-hydrogen) atoms. The lowest BCUT2D eigenvalue weighted by molar-refractivity contribution is -0.173. The first kappa shape index (κ1) is 45.7. The quantitative estimate of drug-likeness (QED) is 0.162. The second-order valence-corrected chi connectivity index (χ2v) is 8.78. The van der Waals surface area contributed by atoms with E-state index < -0.39 is 54.4 Å². The molecule has 18 nitrogen and oxygen atoms in total. The standard InChI is InChI=1S/C9H13NO2.C8H7F3N2O3.C6H5NO4.C3H9NO.C2H5NO2/c1-2-3-4-7-10-8(11)5-6-9(10)12;9-8(10,11)7(16)12-3-4-13-5(14)1-2-6(13)15;1-11-6(10)7-4(8)2-3-5(7)9;1-2-5-3-4;1-5-2(3)4/h5-6H,2-4,7H2,1H3;1-2H,3-4H2,(H,12,16);2-3H,1H3;2-4H2,1H3;1H3,(H2,3,4). The summed E-state index contributed by atoms with van der Waals surface area (Å²) >= 11 is 0. The number of nitrogens with zero attached hydrogens (tertiary/aromatic N) is 3. The normalized spacial score (nSPS) is 14.2. The predicted octanol–water partition coefficient (Wildman–Crippen LogP) is 0.0199. The van der Waals surface area contributed by atoms with Crippen LogP contribution in [0.15, 0.2) is 36.5 Å². The third-order valence-electron chi connectivity index (χ3n) is 5.35. The molecule has 0 aliphatic carbocycles. The summed E-state index contributed by atoms with van der Waals surface area (Å²) in [6.45, 7) is 4.91. The molecular weight excluding hydrogens is 669 g/mol. The Balaban J connectivity index is 0. The highest BCUT2D eigenvalue weighted by atomic mass is 19.4. The fraction of sp³-hybridized carbons (Fsp3) is 0.464. The average molecular weight is 709 g/mol. The number of nitrogens with one attached hydrogen (secondary N) is 1. The molecule has 0 aromatic carbocycles. The van der Waals surface area contributed by atoms with Gasteiger partial charge >= 0.3 is 24.3 Å². The lowest BCUT2D eigenvalue weighted by Gasteiger charge is -2.14. The molecule has 3 heterocycles. The Hall–Kier alpha value is -5.44. The van der Waals surface area contributed by atoms with Crippen molar-refractivity contribution in [1.29, 1.82) is 0 Å². The molecule has 0 aromatic heterocycles. The van der Waals surface area contributed by atoms with Crippen LogP contribution < -0.4 is 16.8 Å². The molecule has 0 aromatic rings. The number of rotatable bonds is 9. The topological polar surface area (TPSA) is 255 Å². The number of halogens is 3. The molecule has 3 aliphatic rings. The number of hydrogen-bond acceptors (Lipinski definition) is 13. The van der Waals surface area contributed by atoms with E-state index in [0.29, 0.717) is 18.2 Å². The van der Waals surface area contributed by atoms with Crippen LogP contribution in [0.2, 0.25) is 0 Å². The van der Waals surface area contributed by atoms with Crippen LogP contribution in [0.5, 0.6) is 0 Å². The van der Waals surface area contributed by atoms with E-state index in [4.69, 9.17) is 5.73 Å². The van der Waals surface area contributed by atoms with Gasteiger partial charge in [0.2, 0.25) is 0 Å². The van der Waals surface area contributed by atoms with Crippen LogP contribution in [0.4, 0.5) is 22.8 Å². The van der Waals surface area contributed by atoms with E-state index in [1.807, 2.05) is 6.92 Å². The van der Waals surface area contributed by atoms with Crippen LogP contribution in [-0.2, 0) is 47.8 Å². The average Bonchev–Trinajstić information content (AvgIpc) is 3.68. The summed E-state index contributed by atoms with van der Waals surface area (Å²) in [5.41, 5.74) is 9.35. The zero-order chi connectivity index (χ0) is 38.2. The summed E-state index contributed by atoms with van der Waals surface area (Å²) in [5.74, 6) is -4.98. The third-order valence-corrected chi connectivity index (χ3v) is 5.35. The molecule has 0 saturated carbocycles. The van der Waals surface area contributed by atoms with Gasteiger partial charge in [0.1, 0.15) is 0 Å². The van der Waals surface area contributed by atoms with Crippen molar-refractivity contribution in [2.24, 2.45) is 11.5 Å². The second kappa shape index (κ2) is 24.7. The van der Waals surface area contributed by atoms with Crippen LogP contribution >= 0.6 is 0 Å². The van der Waals surface area contributed by atoms with Crippen molar-refractivity contribution in [2.75, 3.05) is 47.2 Å². The number of ether oxygens (including phenoxy) is 3. The molecule has 21 heteroatoms. The highest BCUT2D eigenvalue weighted by Crippen LogP contribution is 2.14. The predicted molar refractivity (Wildman–Crippen MR) is 161 cm³/mol. The number of carbonyl (C=O) groups is 9. The van der Waals surface area contributed by atoms with Crippen molar-refractivity contribution in [3.05, 3.63) is 36.5 Å². The van der Waals surface area contributed by atoms with Gasteiger partial charge in [0, 0.05) is 62.7 Å². The largest absolute Gasteiger partial charge is 0.471 e. The lowest BCUT2D eigenvalue weighted by Crippen LogP contribution is -2.42. The van der Waals surface area contributed by atoms with Crippen molar-refractivity contribution >= 4 is 53.5 Å². The molecule has 0 radical (unpaired) electrons. The summed E-state index contributed by atoms with van der Waals surface area (Å²) in [6, 6.07) is 0. The molecule has 0 bridgehead atoms. The van der Waals surface area contributed by atoms with Crippen LogP contribution in [0.1, 0.15) is 33.1 Å². The second-order valence-electron chi connectivity index (χ2n) is 8.78. The van der Waals surface area contributed by atoms with Gasteiger partial charge in [0.25, 0.3) is 35.4 Å². The Bertz CT molecular complexity index is 1230. The van der Waals surface area contributed by atoms with E-state index >= 15 is 0 Å². The number of alkyl halides is 3. The molecule has 3 rings (SSSR count). The fourth-order valence-corrected chi connectivity index (χ4v) is 2.99. The summed E-state index contributed by atoms with van der Waals surface area (Å²) in [4.78, 5) is 98.1. The van der Waals surface area contributed by atoms with Crippen LogP contribution in [-0.4, -0.2) is 122 Å². The van der Waals surface area contributed by atoms with E-state index in [1.54, 1.807) is 5.32 Å². The number of carbonyl (C=O) groups excluding carboxylic acids is 9. The smallest absolute Gasteiger partial charge is 0.453 e. The van der Waals surface area contributed by atoms with Gasteiger partial charge in [0.15, 0.2) is 0 Å². The van der Waals surface area contributed by atoms with Gasteiger partial charge in [-0.3, -0.25) is 43.4 Å². The van der Waals surface area contributed by atoms with Crippen LogP contribution in [0.25, 0.3) is 0 Å². The molecule has 0 atom stereocenters. The number of unbranched alkanes of at least 4 members (excludes halogenated alkanes) is 2.